The van der Waals surface area contributed by atoms with Crippen molar-refractivity contribution in [1.29, 1.82) is 0 Å². The molecule has 0 aliphatic heterocycles. The predicted octanol–water partition coefficient (Wildman–Crippen LogP) is -0.451. The maximum atomic E-state index is 12.0. The lowest BCUT2D eigenvalue weighted by atomic mass is 10.2. The largest absolute Gasteiger partial charge is 0.409 e. The topological polar surface area (TPSA) is 113 Å². The molecule has 0 heterocycles. The molecule has 0 saturated heterocycles. The number of nitrogens with two attached hydrogens (primary N) is 1. The summed E-state index contributed by atoms with van der Waals surface area (Å²) in [6.45, 7) is -0.0322. The number of amidine groups is 1. The van der Waals surface area contributed by atoms with E-state index in [-0.39, 0.29) is 18.4 Å². The second-order valence-electron chi connectivity index (χ2n) is 4.62. The van der Waals surface area contributed by atoms with Gasteiger partial charge < -0.3 is 15.8 Å². The standard InChI is InChI=1S/C10H19N3O4S/c1-18(16,17)7-10(14)13(6-9(11)12-15)8-4-2-3-5-8/h8,15H,2-7H2,1H3,(H2,11,12). The molecular weight excluding hydrogens is 258 g/mol. The average molecular weight is 277 g/mol. The summed E-state index contributed by atoms with van der Waals surface area (Å²) in [5, 5.41) is 11.4. The number of hydrogen-bond acceptors (Lipinski definition) is 5. The fourth-order valence-corrected chi connectivity index (χ4v) is 2.76. The Morgan fingerprint density at radius 1 is 1.44 bits per heavy atom. The van der Waals surface area contributed by atoms with E-state index in [2.05, 4.69) is 5.16 Å². The maximum absolute atomic E-state index is 12.0. The van der Waals surface area contributed by atoms with Crippen molar-refractivity contribution in [3.63, 3.8) is 0 Å². The van der Waals surface area contributed by atoms with Crippen LogP contribution in [0.15, 0.2) is 5.16 Å². The minimum Gasteiger partial charge on any atom is -0.409 e. The van der Waals surface area contributed by atoms with Gasteiger partial charge >= 0.3 is 0 Å². The third kappa shape index (κ3) is 4.52. The Bertz CT molecular complexity index is 426. The molecule has 1 aliphatic rings. The molecule has 0 radical (unpaired) electrons. The molecule has 3 N–H and O–H groups in total. The highest BCUT2D eigenvalue weighted by Gasteiger charge is 2.29. The van der Waals surface area contributed by atoms with E-state index >= 15 is 0 Å². The minimum atomic E-state index is -3.37. The molecule has 1 saturated carbocycles. The summed E-state index contributed by atoms with van der Waals surface area (Å²) >= 11 is 0. The fraction of sp³-hybridized carbons (Fsp3) is 0.800. The van der Waals surface area contributed by atoms with Gasteiger partial charge in [0.2, 0.25) is 5.91 Å². The van der Waals surface area contributed by atoms with Gasteiger partial charge in [0.1, 0.15) is 5.75 Å². The molecule has 0 aromatic carbocycles. The molecule has 0 aromatic rings. The summed E-state index contributed by atoms with van der Waals surface area (Å²) in [5.41, 5.74) is 5.40. The number of oxime groups is 1. The lowest BCUT2D eigenvalue weighted by Crippen LogP contribution is -2.46. The van der Waals surface area contributed by atoms with Gasteiger partial charge in [-0.3, -0.25) is 4.79 Å². The highest BCUT2D eigenvalue weighted by atomic mass is 32.2. The first-order valence-corrected chi connectivity index (χ1v) is 7.83. The van der Waals surface area contributed by atoms with E-state index in [4.69, 9.17) is 10.9 Å². The molecule has 1 rings (SSSR count). The molecule has 18 heavy (non-hydrogen) atoms. The number of rotatable bonds is 5. The second kappa shape index (κ2) is 6.03. The number of amides is 1. The van der Waals surface area contributed by atoms with Gasteiger partial charge in [0.05, 0.1) is 6.54 Å². The molecule has 1 aliphatic carbocycles. The summed E-state index contributed by atoms with van der Waals surface area (Å²) in [6, 6.07) is -0.0143. The van der Waals surface area contributed by atoms with Crippen molar-refractivity contribution in [2.45, 2.75) is 31.7 Å². The minimum absolute atomic E-state index is 0.0143. The number of nitrogens with zero attached hydrogens (tertiary/aromatic N) is 2. The number of carbonyl (C=O) groups excluding carboxylic acids is 1. The Morgan fingerprint density at radius 2 is 2.00 bits per heavy atom. The van der Waals surface area contributed by atoms with E-state index in [1.807, 2.05) is 0 Å². The fourth-order valence-electron chi connectivity index (χ4n) is 2.15. The van der Waals surface area contributed by atoms with E-state index < -0.39 is 21.5 Å². The van der Waals surface area contributed by atoms with E-state index in [1.165, 1.54) is 4.90 Å². The van der Waals surface area contributed by atoms with Crippen LogP contribution in [0.4, 0.5) is 0 Å². The lowest BCUT2D eigenvalue weighted by molar-refractivity contribution is -0.129. The first-order chi connectivity index (χ1) is 8.33. The third-order valence-corrected chi connectivity index (χ3v) is 3.70. The highest BCUT2D eigenvalue weighted by molar-refractivity contribution is 7.91. The number of hydrogen-bond donors (Lipinski definition) is 2. The van der Waals surface area contributed by atoms with Crippen molar-refractivity contribution in [3.8, 4) is 0 Å². The van der Waals surface area contributed by atoms with E-state index in [0.717, 1.165) is 31.9 Å². The molecule has 0 aromatic heterocycles. The van der Waals surface area contributed by atoms with Crippen LogP contribution in [0.3, 0.4) is 0 Å². The van der Waals surface area contributed by atoms with Gasteiger partial charge in [0.15, 0.2) is 15.7 Å². The predicted molar refractivity (Wildman–Crippen MR) is 67.1 cm³/mol. The highest BCUT2D eigenvalue weighted by Crippen LogP contribution is 2.23. The maximum Gasteiger partial charge on any atom is 0.238 e. The van der Waals surface area contributed by atoms with Crippen molar-refractivity contribution < 1.29 is 18.4 Å². The smallest absolute Gasteiger partial charge is 0.238 e. The summed E-state index contributed by atoms with van der Waals surface area (Å²) < 4.78 is 22.3. The molecule has 7 nitrogen and oxygen atoms in total. The quantitative estimate of drug-likeness (QED) is 0.306. The Hall–Kier alpha value is -1.31. The van der Waals surface area contributed by atoms with Crippen molar-refractivity contribution in [2.75, 3.05) is 18.6 Å². The third-order valence-electron chi connectivity index (χ3n) is 2.93. The van der Waals surface area contributed by atoms with Gasteiger partial charge in [0, 0.05) is 12.3 Å². The van der Waals surface area contributed by atoms with Crippen LogP contribution in [-0.4, -0.2) is 54.9 Å². The van der Waals surface area contributed by atoms with Gasteiger partial charge in [-0.2, -0.15) is 0 Å². The summed E-state index contributed by atoms with van der Waals surface area (Å²) in [5.74, 6) is -1.12. The molecule has 0 atom stereocenters. The van der Waals surface area contributed by atoms with Crippen LogP contribution in [0.2, 0.25) is 0 Å². The molecule has 1 amide bonds. The van der Waals surface area contributed by atoms with Crippen LogP contribution in [0, 0.1) is 0 Å². The molecule has 1 fully saturated rings. The number of sulfone groups is 1. The van der Waals surface area contributed by atoms with Gasteiger partial charge in [-0.25, -0.2) is 8.42 Å². The van der Waals surface area contributed by atoms with Crippen LogP contribution in [0.1, 0.15) is 25.7 Å². The monoisotopic (exact) mass is 277 g/mol. The van der Waals surface area contributed by atoms with Crippen molar-refractivity contribution in [1.82, 2.24) is 4.90 Å². The zero-order valence-corrected chi connectivity index (χ0v) is 11.2. The Kier molecular flexibility index (Phi) is 4.94. The van der Waals surface area contributed by atoms with Gasteiger partial charge in [0.25, 0.3) is 0 Å². The molecular formula is C10H19N3O4S. The lowest BCUT2D eigenvalue weighted by Gasteiger charge is -2.28. The Labute approximate surface area is 107 Å². The number of carbonyl (C=O) groups is 1. The molecule has 0 bridgehead atoms. The van der Waals surface area contributed by atoms with E-state index in [0.29, 0.717) is 0 Å². The zero-order valence-electron chi connectivity index (χ0n) is 10.4. The Morgan fingerprint density at radius 3 is 2.44 bits per heavy atom. The summed E-state index contributed by atoms with van der Waals surface area (Å²) in [6.07, 6.45) is 4.68. The van der Waals surface area contributed by atoms with E-state index in [9.17, 15) is 13.2 Å². The van der Waals surface area contributed by atoms with Gasteiger partial charge in [-0.1, -0.05) is 18.0 Å². The molecule has 104 valence electrons. The molecule has 8 heteroatoms. The summed E-state index contributed by atoms with van der Waals surface area (Å²) in [4.78, 5) is 13.4. The van der Waals surface area contributed by atoms with Crippen molar-refractivity contribution >= 4 is 21.6 Å². The Balaban J connectivity index is 2.79. The SMILES string of the molecule is CS(=O)(=O)CC(=O)N(CC(N)=NO)C1CCCC1. The van der Waals surface area contributed by atoms with Crippen molar-refractivity contribution in [2.24, 2.45) is 10.9 Å². The van der Waals surface area contributed by atoms with Crippen LogP contribution >= 0.6 is 0 Å². The van der Waals surface area contributed by atoms with Gasteiger partial charge in [-0.05, 0) is 12.8 Å². The first-order valence-electron chi connectivity index (χ1n) is 5.77. The van der Waals surface area contributed by atoms with Crippen LogP contribution in [0.25, 0.3) is 0 Å². The van der Waals surface area contributed by atoms with Gasteiger partial charge in [-0.15, -0.1) is 0 Å². The normalized spacial score (nSPS) is 17.9. The zero-order chi connectivity index (χ0) is 13.8. The van der Waals surface area contributed by atoms with Crippen LogP contribution in [-0.2, 0) is 14.6 Å². The summed E-state index contributed by atoms with van der Waals surface area (Å²) in [7, 11) is -3.37. The van der Waals surface area contributed by atoms with E-state index in [1.54, 1.807) is 0 Å². The molecule has 0 unspecified atom stereocenters. The second-order valence-corrected chi connectivity index (χ2v) is 6.76. The average Bonchev–Trinajstić information content (AvgIpc) is 2.75. The van der Waals surface area contributed by atoms with Crippen molar-refractivity contribution in [3.05, 3.63) is 0 Å². The van der Waals surface area contributed by atoms with Crippen LogP contribution in [0.5, 0.6) is 0 Å². The first kappa shape index (κ1) is 14.7. The molecule has 0 spiro atoms. The van der Waals surface area contributed by atoms with Crippen LogP contribution < -0.4 is 5.73 Å².